The number of nitrogens with zero attached hydrogens (tertiary/aromatic N) is 1. The highest BCUT2D eigenvalue weighted by Gasteiger charge is 2.35. The minimum absolute atomic E-state index is 0.104. The Hall–Kier alpha value is -0.380. The zero-order valence-corrected chi connectivity index (χ0v) is 12.6. The lowest BCUT2D eigenvalue weighted by Gasteiger charge is -2.39. The van der Waals surface area contributed by atoms with E-state index in [1.807, 2.05) is 11.3 Å². The van der Waals surface area contributed by atoms with Crippen molar-refractivity contribution in [2.75, 3.05) is 13.1 Å². The zero-order valence-electron chi connectivity index (χ0n) is 11.8. The molecule has 0 saturated carbocycles. The molecule has 0 radical (unpaired) electrons. The molecule has 2 heterocycles. The van der Waals surface area contributed by atoms with E-state index in [1.165, 1.54) is 22.6 Å². The summed E-state index contributed by atoms with van der Waals surface area (Å²) in [6.45, 7) is 8.80. The molecule has 0 amide bonds. The Morgan fingerprint density at radius 3 is 2.44 bits per heavy atom. The Balaban J connectivity index is 1.99. The van der Waals surface area contributed by atoms with Gasteiger partial charge in [-0.3, -0.25) is 4.90 Å². The summed E-state index contributed by atoms with van der Waals surface area (Å²) in [4.78, 5) is 5.16. The highest BCUT2D eigenvalue weighted by atomic mass is 32.1. The van der Waals surface area contributed by atoms with Crippen LogP contribution in [0.2, 0.25) is 0 Å². The van der Waals surface area contributed by atoms with Gasteiger partial charge < -0.3 is 5.11 Å². The van der Waals surface area contributed by atoms with Crippen LogP contribution in [0.1, 0.15) is 43.4 Å². The van der Waals surface area contributed by atoms with Crippen molar-refractivity contribution >= 4 is 11.3 Å². The standard InChI is InChI=1S/C15H25NOS/c1-4-12-7-8-13(18-12)11-14(17)15(2,3)16-9-5-6-10-16/h7-8,14,17H,4-6,9-11H2,1-3H3. The van der Waals surface area contributed by atoms with E-state index in [4.69, 9.17) is 0 Å². The molecule has 1 aliphatic rings. The SMILES string of the molecule is CCc1ccc(CC(O)C(C)(C)N2CCCC2)s1. The molecule has 18 heavy (non-hydrogen) atoms. The normalized spacial score (nSPS) is 19.3. The maximum Gasteiger partial charge on any atom is 0.0766 e. The molecule has 1 atom stereocenters. The van der Waals surface area contributed by atoms with Gasteiger partial charge in [0.1, 0.15) is 0 Å². The second-order valence-electron chi connectivity index (χ2n) is 5.79. The lowest BCUT2D eigenvalue weighted by Crippen LogP contribution is -2.51. The van der Waals surface area contributed by atoms with E-state index in [-0.39, 0.29) is 11.6 Å². The van der Waals surface area contributed by atoms with Crippen LogP contribution in [-0.2, 0) is 12.8 Å². The first-order valence-corrected chi connectivity index (χ1v) is 7.86. The molecule has 2 rings (SSSR count). The molecule has 102 valence electrons. The van der Waals surface area contributed by atoms with Gasteiger partial charge in [0, 0.05) is 21.7 Å². The molecule has 1 aromatic heterocycles. The highest BCUT2D eigenvalue weighted by molar-refractivity contribution is 7.11. The largest absolute Gasteiger partial charge is 0.391 e. The van der Waals surface area contributed by atoms with Gasteiger partial charge in [0.25, 0.3) is 0 Å². The van der Waals surface area contributed by atoms with E-state index < -0.39 is 0 Å². The molecule has 3 heteroatoms. The summed E-state index contributed by atoms with van der Waals surface area (Å²) in [6.07, 6.45) is 4.15. The molecule has 1 saturated heterocycles. The van der Waals surface area contributed by atoms with E-state index in [2.05, 4.69) is 37.8 Å². The molecule has 0 aliphatic carbocycles. The van der Waals surface area contributed by atoms with Gasteiger partial charge in [-0.1, -0.05) is 6.92 Å². The van der Waals surface area contributed by atoms with Gasteiger partial charge in [0.05, 0.1) is 6.10 Å². The number of aryl methyl sites for hydroxylation is 1. The van der Waals surface area contributed by atoms with Crippen LogP contribution in [0.15, 0.2) is 12.1 Å². The fourth-order valence-corrected chi connectivity index (χ4v) is 3.66. The average molecular weight is 267 g/mol. The third kappa shape index (κ3) is 2.95. The molecular weight excluding hydrogens is 242 g/mol. The van der Waals surface area contributed by atoms with E-state index >= 15 is 0 Å². The van der Waals surface area contributed by atoms with Crippen LogP contribution in [0.3, 0.4) is 0 Å². The van der Waals surface area contributed by atoms with Crippen LogP contribution in [-0.4, -0.2) is 34.7 Å². The van der Waals surface area contributed by atoms with Gasteiger partial charge in [-0.05, 0) is 58.3 Å². The van der Waals surface area contributed by atoms with Crippen molar-refractivity contribution < 1.29 is 5.11 Å². The van der Waals surface area contributed by atoms with Crippen molar-refractivity contribution in [1.29, 1.82) is 0 Å². The van der Waals surface area contributed by atoms with Crippen molar-refractivity contribution in [3.8, 4) is 0 Å². The van der Waals surface area contributed by atoms with Gasteiger partial charge in [-0.2, -0.15) is 0 Å². The lowest BCUT2D eigenvalue weighted by atomic mass is 9.92. The molecule has 1 aromatic rings. The summed E-state index contributed by atoms with van der Waals surface area (Å²) in [6, 6.07) is 4.36. The fourth-order valence-electron chi connectivity index (χ4n) is 2.67. The molecule has 0 bridgehead atoms. The van der Waals surface area contributed by atoms with E-state index in [1.54, 1.807) is 0 Å². The number of likely N-dealkylation sites (tertiary alicyclic amines) is 1. The van der Waals surface area contributed by atoms with Crippen molar-refractivity contribution in [2.24, 2.45) is 0 Å². The van der Waals surface area contributed by atoms with Gasteiger partial charge in [0.15, 0.2) is 0 Å². The van der Waals surface area contributed by atoms with Crippen LogP contribution in [0.25, 0.3) is 0 Å². The number of aliphatic hydroxyl groups is 1. The monoisotopic (exact) mass is 267 g/mol. The fraction of sp³-hybridized carbons (Fsp3) is 0.733. The first kappa shape index (κ1) is 14.0. The Kier molecular flexibility index (Phi) is 4.46. The van der Waals surface area contributed by atoms with Crippen molar-refractivity contribution in [1.82, 2.24) is 4.90 Å². The summed E-state index contributed by atoms with van der Waals surface area (Å²) in [7, 11) is 0. The van der Waals surface area contributed by atoms with Crippen molar-refractivity contribution in [2.45, 2.75) is 58.1 Å². The number of rotatable bonds is 5. The van der Waals surface area contributed by atoms with Crippen molar-refractivity contribution in [3.05, 3.63) is 21.9 Å². The summed E-state index contributed by atoms with van der Waals surface area (Å²) < 4.78 is 0. The number of hydrogen-bond donors (Lipinski definition) is 1. The van der Waals surface area contributed by atoms with Crippen LogP contribution in [0.4, 0.5) is 0 Å². The van der Waals surface area contributed by atoms with Crippen LogP contribution in [0.5, 0.6) is 0 Å². The first-order valence-electron chi connectivity index (χ1n) is 7.04. The molecule has 0 aromatic carbocycles. The van der Waals surface area contributed by atoms with E-state index in [0.29, 0.717) is 0 Å². The second-order valence-corrected chi connectivity index (χ2v) is 7.04. The third-order valence-electron chi connectivity index (χ3n) is 4.20. The van der Waals surface area contributed by atoms with E-state index in [0.717, 1.165) is 25.9 Å². The quantitative estimate of drug-likeness (QED) is 0.886. The maximum atomic E-state index is 10.5. The molecule has 2 nitrogen and oxygen atoms in total. The molecule has 1 fully saturated rings. The minimum Gasteiger partial charge on any atom is -0.391 e. The summed E-state index contributed by atoms with van der Waals surface area (Å²) in [5, 5.41) is 10.5. The topological polar surface area (TPSA) is 23.5 Å². The van der Waals surface area contributed by atoms with E-state index in [9.17, 15) is 5.11 Å². The lowest BCUT2D eigenvalue weighted by molar-refractivity contribution is 0.00381. The third-order valence-corrected chi connectivity index (χ3v) is 5.45. The number of aliphatic hydroxyl groups excluding tert-OH is 1. The van der Waals surface area contributed by atoms with Crippen LogP contribution in [0, 0.1) is 0 Å². The molecular formula is C15H25NOS. The predicted molar refractivity (Wildman–Crippen MR) is 78.3 cm³/mol. The maximum absolute atomic E-state index is 10.5. The Morgan fingerprint density at radius 2 is 1.89 bits per heavy atom. The van der Waals surface area contributed by atoms with Gasteiger partial charge in [0.2, 0.25) is 0 Å². The zero-order chi connectivity index (χ0) is 13.2. The highest BCUT2D eigenvalue weighted by Crippen LogP contribution is 2.28. The molecule has 0 spiro atoms. The van der Waals surface area contributed by atoms with Crippen molar-refractivity contribution in [3.63, 3.8) is 0 Å². The average Bonchev–Trinajstić information content (AvgIpc) is 2.99. The smallest absolute Gasteiger partial charge is 0.0766 e. The molecule has 1 unspecified atom stereocenters. The first-order chi connectivity index (χ1) is 8.54. The molecule has 1 aliphatic heterocycles. The van der Waals surface area contributed by atoms with Crippen LogP contribution >= 0.6 is 11.3 Å². The van der Waals surface area contributed by atoms with Gasteiger partial charge in [-0.15, -0.1) is 11.3 Å². The number of thiophene rings is 1. The summed E-state index contributed by atoms with van der Waals surface area (Å²) in [5.41, 5.74) is -0.104. The van der Waals surface area contributed by atoms with Gasteiger partial charge >= 0.3 is 0 Å². The Morgan fingerprint density at radius 1 is 1.28 bits per heavy atom. The second kappa shape index (κ2) is 5.72. The Labute approximate surface area is 115 Å². The summed E-state index contributed by atoms with van der Waals surface area (Å²) in [5.74, 6) is 0. The number of hydrogen-bond acceptors (Lipinski definition) is 3. The Bertz CT molecular complexity index is 380. The summed E-state index contributed by atoms with van der Waals surface area (Å²) >= 11 is 1.84. The van der Waals surface area contributed by atoms with Crippen LogP contribution < -0.4 is 0 Å². The minimum atomic E-state index is -0.279. The predicted octanol–water partition coefficient (Wildman–Crippen LogP) is 3.09. The van der Waals surface area contributed by atoms with Gasteiger partial charge in [-0.25, -0.2) is 0 Å². The molecule has 1 N–H and O–H groups in total.